The molecule has 50 heavy (non-hydrogen) atoms. The van der Waals surface area contributed by atoms with Crippen LogP contribution >= 0.6 is 0 Å². The predicted octanol–water partition coefficient (Wildman–Crippen LogP) is 0.894. The van der Waals surface area contributed by atoms with Gasteiger partial charge in [-0.15, -0.1) is 0 Å². The fourth-order valence-electron chi connectivity index (χ4n) is 10.9. The lowest BCUT2D eigenvalue weighted by Crippen LogP contribution is -2.78. The standard InChI is InChI=1S/C35H50O15/c1-17-26(40)27(41)28(42)29(46-17)50-35(49-20(4)38)16-32(43)11-8-24-23(31(32,6)15-34(35,47-18(2)36)48-19(3)37)7-10-30(5)22(9-12-33(24,30)44)21-13-25(39)45-14-21/h13,17,22-24,26-29,40-44H,7-12,14-16H2,1-6H3/t17-,22+,23-,24+,26-,27+,28+,29-,30+,31+,32?,33?,35?/m0/s1. The molecule has 4 saturated carbocycles. The van der Waals surface area contributed by atoms with Crippen LogP contribution in [-0.2, 0) is 47.6 Å². The molecule has 2 heterocycles. The van der Waals surface area contributed by atoms with Gasteiger partial charge < -0.3 is 54.0 Å². The van der Waals surface area contributed by atoms with Crippen molar-refractivity contribution in [3.8, 4) is 0 Å². The Morgan fingerprint density at radius 2 is 1.38 bits per heavy atom. The predicted molar refractivity (Wildman–Crippen MR) is 167 cm³/mol. The molecule has 13 atom stereocenters. The topological polar surface area (TPSA) is 225 Å². The highest BCUT2D eigenvalue weighted by atomic mass is 16.8. The fraction of sp³-hybridized carbons (Fsp3) is 0.829. The van der Waals surface area contributed by atoms with E-state index in [-0.39, 0.29) is 24.9 Å². The van der Waals surface area contributed by atoms with E-state index < -0.39 is 107 Å². The molecule has 0 aromatic heterocycles. The Labute approximate surface area is 290 Å². The number of hydrogen-bond donors (Lipinski definition) is 5. The Morgan fingerprint density at radius 1 is 0.780 bits per heavy atom. The Kier molecular flexibility index (Phi) is 9.06. The molecule has 4 aliphatic carbocycles. The summed E-state index contributed by atoms with van der Waals surface area (Å²) in [6.07, 6.45) is -5.12. The van der Waals surface area contributed by atoms with Gasteiger partial charge in [0.1, 0.15) is 24.9 Å². The van der Waals surface area contributed by atoms with Crippen molar-refractivity contribution in [2.45, 2.75) is 146 Å². The van der Waals surface area contributed by atoms with Gasteiger partial charge in [0.2, 0.25) is 0 Å². The van der Waals surface area contributed by atoms with E-state index in [1.54, 1.807) is 6.92 Å². The third-order valence-electron chi connectivity index (χ3n) is 13.3. The summed E-state index contributed by atoms with van der Waals surface area (Å²) in [6.45, 7) is 8.57. The van der Waals surface area contributed by atoms with Crippen molar-refractivity contribution in [3.05, 3.63) is 11.6 Å². The summed E-state index contributed by atoms with van der Waals surface area (Å²) in [5.41, 5.74) is -3.99. The SMILES string of the molecule is CC(=O)OC1(OC(C)=O)C[C@]2(C)[C@H]3CC[C@]4(C)[C@@H](C5=CC(=O)OC5)CCC4(O)[C@@H]3CCC2(O)CC1(OC(C)=O)O[C@@H]1O[C@@H](C)[C@H](O)[C@@H](O)[C@H]1O. The number of carbonyl (C=O) groups is 4. The second kappa shape index (κ2) is 12.2. The molecule has 1 saturated heterocycles. The highest BCUT2D eigenvalue weighted by molar-refractivity contribution is 5.85. The van der Waals surface area contributed by atoms with E-state index >= 15 is 0 Å². The van der Waals surface area contributed by atoms with Crippen molar-refractivity contribution in [2.75, 3.05) is 6.61 Å². The molecular weight excluding hydrogens is 660 g/mol. The molecular formula is C35H50O15. The Hall–Kier alpha value is -2.66. The second-order valence-corrected chi connectivity index (χ2v) is 15.9. The monoisotopic (exact) mass is 710 g/mol. The normalized spacial score (nSPS) is 47.9. The lowest BCUT2D eigenvalue weighted by molar-refractivity contribution is -0.462. The summed E-state index contributed by atoms with van der Waals surface area (Å²) < 4.78 is 34.7. The molecule has 0 bridgehead atoms. The lowest BCUT2D eigenvalue weighted by Gasteiger charge is -2.68. The molecule has 0 aromatic carbocycles. The average Bonchev–Trinajstić information content (AvgIpc) is 3.54. The number of cyclic esters (lactones) is 1. The number of aliphatic hydroxyl groups is 5. The van der Waals surface area contributed by atoms with E-state index in [9.17, 15) is 44.7 Å². The number of carbonyl (C=O) groups excluding carboxylic acids is 4. The zero-order valence-corrected chi connectivity index (χ0v) is 29.4. The first-order valence-corrected chi connectivity index (χ1v) is 17.4. The number of fused-ring (bicyclic) bond motifs is 5. The Balaban J connectivity index is 1.45. The van der Waals surface area contributed by atoms with Crippen LogP contribution in [0.15, 0.2) is 11.6 Å². The molecule has 5 fully saturated rings. The summed E-state index contributed by atoms with van der Waals surface area (Å²) in [4.78, 5) is 50.7. The van der Waals surface area contributed by atoms with Crippen molar-refractivity contribution in [1.82, 2.24) is 0 Å². The molecule has 6 aliphatic rings. The number of aliphatic hydroxyl groups excluding tert-OH is 3. The van der Waals surface area contributed by atoms with Gasteiger partial charge in [-0.25, -0.2) is 4.79 Å². The van der Waals surface area contributed by atoms with Gasteiger partial charge in [0, 0.05) is 44.1 Å². The van der Waals surface area contributed by atoms with Gasteiger partial charge >= 0.3 is 29.7 Å². The zero-order chi connectivity index (χ0) is 36.8. The van der Waals surface area contributed by atoms with Crippen LogP contribution in [0.25, 0.3) is 0 Å². The van der Waals surface area contributed by atoms with Crippen LogP contribution in [0.2, 0.25) is 0 Å². The van der Waals surface area contributed by atoms with E-state index in [1.165, 1.54) is 13.0 Å². The van der Waals surface area contributed by atoms with Crippen LogP contribution in [0.1, 0.15) is 92.9 Å². The molecule has 0 spiro atoms. The van der Waals surface area contributed by atoms with Crippen molar-refractivity contribution in [1.29, 1.82) is 0 Å². The minimum atomic E-state index is -2.62. The summed E-state index contributed by atoms with van der Waals surface area (Å²) in [5, 5.41) is 57.4. The molecule has 3 unspecified atom stereocenters. The van der Waals surface area contributed by atoms with Crippen molar-refractivity contribution in [3.63, 3.8) is 0 Å². The smallest absolute Gasteiger partial charge is 0.331 e. The van der Waals surface area contributed by atoms with Crippen molar-refractivity contribution < 1.29 is 73.1 Å². The third-order valence-corrected chi connectivity index (χ3v) is 13.3. The maximum atomic E-state index is 12.9. The molecule has 0 amide bonds. The minimum Gasteiger partial charge on any atom is -0.458 e. The van der Waals surface area contributed by atoms with Gasteiger partial charge in [0.05, 0.1) is 23.7 Å². The molecule has 15 heteroatoms. The zero-order valence-electron chi connectivity index (χ0n) is 29.4. The molecule has 280 valence electrons. The first-order chi connectivity index (χ1) is 23.2. The first kappa shape index (κ1) is 37.1. The van der Waals surface area contributed by atoms with Crippen LogP contribution in [-0.4, -0.2) is 109 Å². The van der Waals surface area contributed by atoms with Gasteiger partial charge in [-0.2, -0.15) is 0 Å². The lowest BCUT2D eigenvalue weighted by atomic mass is 9.41. The number of ether oxygens (including phenoxy) is 6. The molecule has 5 N–H and O–H groups in total. The van der Waals surface area contributed by atoms with Gasteiger partial charge in [-0.1, -0.05) is 13.8 Å². The largest absolute Gasteiger partial charge is 0.458 e. The quantitative estimate of drug-likeness (QED) is 0.112. The van der Waals surface area contributed by atoms with E-state index in [2.05, 4.69) is 0 Å². The fourth-order valence-corrected chi connectivity index (χ4v) is 10.9. The summed E-state index contributed by atoms with van der Waals surface area (Å²) >= 11 is 0. The Morgan fingerprint density at radius 3 is 1.96 bits per heavy atom. The maximum Gasteiger partial charge on any atom is 0.331 e. The van der Waals surface area contributed by atoms with Gasteiger partial charge in [-0.05, 0) is 68.8 Å². The van der Waals surface area contributed by atoms with Crippen molar-refractivity contribution in [2.24, 2.45) is 28.6 Å². The van der Waals surface area contributed by atoms with Crippen LogP contribution in [0, 0.1) is 28.6 Å². The Bertz CT molecular complexity index is 1450. The first-order valence-electron chi connectivity index (χ1n) is 17.4. The third kappa shape index (κ3) is 5.33. The summed E-state index contributed by atoms with van der Waals surface area (Å²) in [7, 11) is 0. The van der Waals surface area contributed by atoms with Gasteiger partial charge in [0.25, 0.3) is 5.79 Å². The average molecular weight is 711 g/mol. The van der Waals surface area contributed by atoms with E-state index in [1.807, 2.05) is 6.92 Å². The maximum absolute atomic E-state index is 12.9. The molecule has 0 aromatic rings. The highest BCUT2D eigenvalue weighted by Crippen LogP contribution is 2.72. The number of hydrogen-bond acceptors (Lipinski definition) is 15. The number of esters is 4. The van der Waals surface area contributed by atoms with Crippen LogP contribution in [0.4, 0.5) is 0 Å². The van der Waals surface area contributed by atoms with E-state index in [0.29, 0.717) is 32.1 Å². The van der Waals surface area contributed by atoms with Crippen LogP contribution < -0.4 is 0 Å². The van der Waals surface area contributed by atoms with Crippen LogP contribution in [0.5, 0.6) is 0 Å². The van der Waals surface area contributed by atoms with Crippen LogP contribution in [0.3, 0.4) is 0 Å². The van der Waals surface area contributed by atoms with Gasteiger partial charge in [0.15, 0.2) is 6.29 Å². The van der Waals surface area contributed by atoms with E-state index in [4.69, 9.17) is 28.4 Å². The minimum absolute atomic E-state index is 0.0619. The van der Waals surface area contributed by atoms with Crippen molar-refractivity contribution >= 4 is 23.9 Å². The molecule has 15 nitrogen and oxygen atoms in total. The molecule has 0 radical (unpaired) electrons. The number of rotatable bonds is 6. The summed E-state index contributed by atoms with van der Waals surface area (Å²) in [5.74, 6) is -9.34. The van der Waals surface area contributed by atoms with Gasteiger partial charge in [-0.3, -0.25) is 14.4 Å². The highest BCUT2D eigenvalue weighted by Gasteiger charge is 2.79. The summed E-state index contributed by atoms with van der Waals surface area (Å²) in [6, 6.07) is 0. The molecule has 6 rings (SSSR count). The second-order valence-electron chi connectivity index (χ2n) is 15.9. The molecule has 2 aliphatic heterocycles. The van der Waals surface area contributed by atoms with E-state index in [0.717, 1.165) is 26.3 Å².